The maximum absolute atomic E-state index is 5.23. The molecule has 0 radical (unpaired) electrons. The van der Waals surface area contributed by atoms with Crippen LogP contribution in [0.1, 0.15) is 37.7 Å². The maximum atomic E-state index is 5.23. The van der Waals surface area contributed by atoms with Gasteiger partial charge in [-0.25, -0.2) is 0 Å². The van der Waals surface area contributed by atoms with E-state index in [-0.39, 0.29) is 0 Å². The predicted octanol–water partition coefficient (Wildman–Crippen LogP) is 2.80. The highest BCUT2D eigenvalue weighted by Gasteiger charge is 2.35. The van der Waals surface area contributed by atoms with Crippen LogP contribution in [-0.2, 0) is 6.54 Å². The van der Waals surface area contributed by atoms with Gasteiger partial charge >= 0.3 is 0 Å². The average molecular weight is 274 g/mol. The molecule has 0 aromatic heterocycles. The Morgan fingerprint density at radius 1 is 1.15 bits per heavy atom. The second-order valence-corrected chi connectivity index (χ2v) is 6.33. The summed E-state index contributed by atoms with van der Waals surface area (Å²) in [5.74, 6) is 0.942. The van der Waals surface area contributed by atoms with Crippen molar-refractivity contribution in [1.29, 1.82) is 0 Å². The molecule has 1 aromatic carbocycles. The second-order valence-electron chi connectivity index (χ2n) is 6.33. The van der Waals surface area contributed by atoms with Crippen LogP contribution in [0.4, 0.5) is 0 Å². The third-order valence-electron chi connectivity index (χ3n) is 4.80. The van der Waals surface area contributed by atoms with Gasteiger partial charge in [-0.1, -0.05) is 18.6 Å². The quantitative estimate of drug-likeness (QED) is 0.917. The molecule has 3 nitrogen and oxygen atoms in total. The smallest absolute Gasteiger partial charge is 0.118 e. The predicted molar refractivity (Wildman–Crippen MR) is 82.1 cm³/mol. The van der Waals surface area contributed by atoms with Gasteiger partial charge < -0.3 is 10.1 Å². The van der Waals surface area contributed by atoms with Crippen LogP contribution in [0, 0.1) is 0 Å². The van der Waals surface area contributed by atoms with E-state index in [0.29, 0.717) is 5.54 Å². The first-order chi connectivity index (χ1) is 9.80. The Labute approximate surface area is 122 Å². The van der Waals surface area contributed by atoms with Crippen LogP contribution in [0.2, 0.25) is 0 Å². The molecule has 2 saturated heterocycles. The number of methoxy groups -OCH3 is 1. The minimum atomic E-state index is 0.406. The fourth-order valence-electron chi connectivity index (χ4n) is 3.73. The highest BCUT2D eigenvalue weighted by atomic mass is 16.5. The van der Waals surface area contributed by atoms with E-state index in [0.717, 1.165) is 12.3 Å². The van der Waals surface area contributed by atoms with Crippen LogP contribution >= 0.6 is 0 Å². The number of hydrogen-bond acceptors (Lipinski definition) is 3. The Morgan fingerprint density at radius 3 is 2.65 bits per heavy atom. The molecular weight excluding hydrogens is 248 g/mol. The van der Waals surface area contributed by atoms with Gasteiger partial charge in [0, 0.05) is 18.6 Å². The number of likely N-dealkylation sites (tertiary alicyclic amines) is 1. The highest BCUT2D eigenvalue weighted by Crippen LogP contribution is 2.30. The van der Waals surface area contributed by atoms with Gasteiger partial charge in [-0.05, 0) is 56.5 Å². The minimum absolute atomic E-state index is 0.406. The Morgan fingerprint density at radius 2 is 1.95 bits per heavy atom. The Hall–Kier alpha value is -1.06. The fourth-order valence-corrected chi connectivity index (χ4v) is 3.73. The van der Waals surface area contributed by atoms with Gasteiger partial charge in [0.2, 0.25) is 0 Å². The van der Waals surface area contributed by atoms with Crippen LogP contribution in [0.5, 0.6) is 5.75 Å². The van der Waals surface area contributed by atoms with Crippen molar-refractivity contribution in [2.75, 3.05) is 26.7 Å². The minimum Gasteiger partial charge on any atom is -0.497 e. The Kier molecular flexibility index (Phi) is 4.27. The highest BCUT2D eigenvalue weighted by molar-refractivity contribution is 5.27. The molecule has 20 heavy (non-hydrogen) atoms. The summed E-state index contributed by atoms with van der Waals surface area (Å²) < 4.78 is 5.23. The maximum Gasteiger partial charge on any atom is 0.118 e. The van der Waals surface area contributed by atoms with E-state index in [1.165, 1.54) is 57.3 Å². The Balaban J connectivity index is 1.61. The van der Waals surface area contributed by atoms with Gasteiger partial charge in [-0.15, -0.1) is 0 Å². The molecule has 1 unspecified atom stereocenters. The molecule has 110 valence electrons. The van der Waals surface area contributed by atoms with Crippen LogP contribution < -0.4 is 10.1 Å². The fraction of sp³-hybridized carbons (Fsp3) is 0.647. The van der Waals surface area contributed by atoms with Gasteiger partial charge in [-0.3, -0.25) is 4.90 Å². The summed E-state index contributed by atoms with van der Waals surface area (Å²) in [6.07, 6.45) is 6.77. The molecule has 1 spiro atoms. The lowest BCUT2D eigenvalue weighted by atomic mass is 9.81. The first-order valence-corrected chi connectivity index (χ1v) is 7.90. The summed E-state index contributed by atoms with van der Waals surface area (Å²) in [5.41, 5.74) is 1.79. The lowest BCUT2D eigenvalue weighted by Gasteiger charge is -2.46. The van der Waals surface area contributed by atoms with E-state index in [2.05, 4.69) is 34.5 Å². The zero-order valence-electron chi connectivity index (χ0n) is 12.5. The van der Waals surface area contributed by atoms with E-state index in [1.54, 1.807) is 7.11 Å². The van der Waals surface area contributed by atoms with Crippen molar-refractivity contribution in [2.24, 2.45) is 0 Å². The third-order valence-corrected chi connectivity index (χ3v) is 4.80. The van der Waals surface area contributed by atoms with Crippen LogP contribution in [0.3, 0.4) is 0 Å². The summed E-state index contributed by atoms with van der Waals surface area (Å²) in [5, 5.41) is 3.81. The topological polar surface area (TPSA) is 24.5 Å². The van der Waals surface area contributed by atoms with Crippen molar-refractivity contribution in [3.8, 4) is 5.75 Å². The summed E-state index contributed by atoms with van der Waals surface area (Å²) in [7, 11) is 1.72. The molecule has 0 amide bonds. The lowest BCUT2D eigenvalue weighted by molar-refractivity contribution is 0.0937. The average Bonchev–Trinajstić information content (AvgIpc) is 2.49. The molecule has 2 heterocycles. The Bertz CT molecular complexity index is 418. The summed E-state index contributed by atoms with van der Waals surface area (Å²) >= 11 is 0. The third kappa shape index (κ3) is 3.15. The number of piperidine rings is 2. The molecule has 3 heteroatoms. The normalized spacial score (nSPS) is 27.6. The molecule has 2 fully saturated rings. The molecule has 0 saturated carbocycles. The van der Waals surface area contributed by atoms with E-state index >= 15 is 0 Å². The van der Waals surface area contributed by atoms with Crippen molar-refractivity contribution in [2.45, 2.75) is 44.2 Å². The molecular formula is C17H26N2O. The van der Waals surface area contributed by atoms with Crippen molar-refractivity contribution >= 4 is 0 Å². The van der Waals surface area contributed by atoms with E-state index in [9.17, 15) is 0 Å². The van der Waals surface area contributed by atoms with Crippen LogP contribution in [-0.4, -0.2) is 37.2 Å². The molecule has 3 rings (SSSR count). The van der Waals surface area contributed by atoms with Gasteiger partial charge in [0.15, 0.2) is 0 Å². The molecule has 1 aromatic rings. The van der Waals surface area contributed by atoms with E-state index < -0.39 is 0 Å². The second kappa shape index (κ2) is 6.15. The van der Waals surface area contributed by atoms with Gasteiger partial charge in [0.1, 0.15) is 5.75 Å². The van der Waals surface area contributed by atoms with Crippen LogP contribution in [0.25, 0.3) is 0 Å². The molecule has 0 bridgehead atoms. The van der Waals surface area contributed by atoms with Crippen LogP contribution in [0.15, 0.2) is 24.3 Å². The van der Waals surface area contributed by atoms with Gasteiger partial charge in [-0.2, -0.15) is 0 Å². The standard InChI is InChI=1S/C17H26N2O/c1-20-16-7-5-15(6-8-16)13-19-12-4-10-17(14-19)9-2-3-11-18-17/h5-8,18H,2-4,9-14H2,1H3. The molecule has 2 aliphatic rings. The van der Waals surface area contributed by atoms with Gasteiger partial charge in [0.05, 0.1) is 7.11 Å². The van der Waals surface area contributed by atoms with Crippen molar-refractivity contribution in [3.63, 3.8) is 0 Å². The number of nitrogens with zero attached hydrogens (tertiary/aromatic N) is 1. The first kappa shape index (κ1) is 13.9. The number of rotatable bonds is 3. The zero-order valence-corrected chi connectivity index (χ0v) is 12.5. The first-order valence-electron chi connectivity index (χ1n) is 7.90. The van der Waals surface area contributed by atoms with Crippen molar-refractivity contribution in [1.82, 2.24) is 10.2 Å². The number of nitrogens with one attached hydrogen (secondary N) is 1. The number of ether oxygens (including phenoxy) is 1. The molecule has 0 aliphatic carbocycles. The SMILES string of the molecule is COc1ccc(CN2CCCC3(CCCCN3)C2)cc1. The summed E-state index contributed by atoms with van der Waals surface area (Å²) in [4.78, 5) is 2.61. The molecule has 2 aliphatic heterocycles. The monoisotopic (exact) mass is 274 g/mol. The summed E-state index contributed by atoms with van der Waals surface area (Å²) in [6, 6.07) is 8.50. The number of hydrogen-bond donors (Lipinski definition) is 1. The van der Waals surface area contributed by atoms with E-state index in [1.807, 2.05) is 0 Å². The largest absolute Gasteiger partial charge is 0.497 e. The van der Waals surface area contributed by atoms with Crippen molar-refractivity contribution in [3.05, 3.63) is 29.8 Å². The molecule has 1 N–H and O–H groups in total. The zero-order chi connectivity index (χ0) is 13.8. The lowest BCUT2D eigenvalue weighted by Crippen LogP contribution is -2.58. The summed E-state index contributed by atoms with van der Waals surface area (Å²) in [6.45, 7) is 4.71. The number of benzene rings is 1. The van der Waals surface area contributed by atoms with Gasteiger partial charge in [0.25, 0.3) is 0 Å². The van der Waals surface area contributed by atoms with Crippen molar-refractivity contribution < 1.29 is 4.74 Å². The molecule has 1 atom stereocenters. The van der Waals surface area contributed by atoms with E-state index in [4.69, 9.17) is 4.74 Å².